The van der Waals surface area contributed by atoms with E-state index < -0.39 is 15.9 Å². The molecule has 0 aliphatic rings. The molecule has 0 unspecified atom stereocenters. The highest BCUT2D eigenvalue weighted by Gasteiger charge is 2.38. The van der Waals surface area contributed by atoms with Gasteiger partial charge in [0.05, 0.1) is 0 Å². The smallest absolute Gasteiger partial charge is 0.329 e. The second-order valence-electron chi connectivity index (χ2n) is 3.50. The van der Waals surface area contributed by atoms with Crippen LogP contribution in [0.2, 0.25) is 0 Å². The predicted octanol–water partition coefficient (Wildman–Crippen LogP) is 4.58. The quantitative estimate of drug-likeness (QED) is 0.718. The van der Waals surface area contributed by atoms with Gasteiger partial charge in [0.2, 0.25) is 9.62 Å². The van der Waals surface area contributed by atoms with Crippen molar-refractivity contribution in [1.29, 1.82) is 0 Å². The maximum Gasteiger partial charge on any atom is 0.471 e. The number of alkyl halides is 6. The van der Waals surface area contributed by atoms with E-state index in [0.717, 1.165) is 0 Å². The van der Waals surface area contributed by atoms with E-state index in [-0.39, 0.29) is 5.82 Å². The minimum absolute atomic E-state index is 0.191. The molecule has 0 radical (unpaired) electrons. The molecule has 2 aromatic rings. The Hall–Kier alpha value is -0.980. The van der Waals surface area contributed by atoms with Crippen molar-refractivity contribution in [3.05, 3.63) is 35.7 Å². The van der Waals surface area contributed by atoms with Crippen LogP contribution in [0.1, 0.15) is 11.5 Å². The molecule has 0 N–H and O–H groups in total. The molecule has 0 fully saturated rings. The molecule has 0 spiro atoms. The number of halogens is 6. The van der Waals surface area contributed by atoms with Gasteiger partial charge in [-0.05, 0) is 0 Å². The van der Waals surface area contributed by atoms with E-state index in [2.05, 4.69) is 14.7 Å². The van der Waals surface area contributed by atoms with Crippen molar-refractivity contribution in [2.45, 2.75) is 9.97 Å². The van der Waals surface area contributed by atoms with Crippen molar-refractivity contribution < 1.29 is 17.7 Å². The van der Waals surface area contributed by atoms with Gasteiger partial charge in [0.25, 0.3) is 0 Å². The minimum atomic E-state index is -4.68. The summed E-state index contributed by atoms with van der Waals surface area (Å²) in [5.41, 5.74) is 0.693. The first-order chi connectivity index (χ1) is 8.68. The molecule has 0 saturated carbocycles. The molecule has 0 saturated heterocycles. The first-order valence-corrected chi connectivity index (χ1v) is 5.90. The number of aromatic nitrogens is 2. The van der Waals surface area contributed by atoms with Gasteiger partial charge in [-0.3, -0.25) is 0 Å². The summed E-state index contributed by atoms with van der Waals surface area (Å²) >= 11 is 17.0. The number of benzene rings is 1. The van der Waals surface area contributed by atoms with Crippen LogP contribution in [0.3, 0.4) is 0 Å². The molecule has 0 aliphatic heterocycles. The molecule has 0 atom stereocenters. The Kier molecular flexibility index (Phi) is 3.68. The fourth-order valence-corrected chi connectivity index (χ4v) is 1.64. The summed E-state index contributed by atoms with van der Waals surface area (Å²) in [5.74, 6) is -1.60. The van der Waals surface area contributed by atoms with E-state index in [4.69, 9.17) is 34.8 Å². The maximum atomic E-state index is 12.3. The van der Waals surface area contributed by atoms with Crippen LogP contribution in [0.15, 0.2) is 28.8 Å². The zero-order valence-corrected chi connectivity index (χ0v) is 11.1. The van der Waals surface area contributed by atoms with E-state index in [1.807, 2.05) is 0 Å². The largest absolute Gasteiger partial charge is 0.471 e. The number of rotatable bonds is 1. The number of hydrogen-bond acceptors (Lipinski definition) is 3. The molecule has 0 amide bonds. The summed E-state index contributed by atoms with van der Waals surface area (Å²) in [7, 11) is 0. The van der Waals surface area contributed by atoms with Gasteiger partial charge in [-0.25, -0.2) is 0 Å². The van der Waals surface area contributed by atoms with Gasteiger partial charge in [-0.15, -0.1) is 0 Å². The molecule has 9 heteroatoms. The lowest BCUT2D eigenvalue weighted by atomic mass is 10.1. The molecule has 1 aromatic heterocycles. The van der Waals surface area contributed by atoms with E-state index >= 15 is 0 Å². The summed E-state index contributed by atoms with van der Waals surface area (Å²) in [6.07, 6.45) is -4.68. The standard InChI is InChI=1S/C10H4Cl3F3N2O/c11-9(12,13)6-3-1-5(2-4-6)7-17-8(19-18-7)10(14,15)16/h1-4H. The first-order valence-electron chi connectivity index (χ1n) is 4.76. The molecule has 0 aliphatic carbocycles. The van der Waals surface area contributed by atoms with E-state index in [9.17, 15) is 13.2 Å². The summed E-state index contributed by atoms with van der Waals surface area (Å²) in [5, 5.41) is 3.24. The van der Waals surface area contributed by atoms with Crippen LogP contribution < -0.4 is 0 Å². The number of hydrogen-bond donors (Lipinski definition) is 0. The lowest BCUT2D eigenvalue weighted by Crippen LogP contribution is -2.04. The minimum Gasteiger partial charge on any atom is -0.329 e. The van der Waals surface area contributed by atoms with E-state index in [1.165, 1.54) is 24.3 Å². The molecule has 102 valence electrons. The highest BCUT2D eigenvalue weighted by Crippen LogP contribution is 2.38. The zero-order valence-electron chi connectivity index (χ0n) is 8.88. The molecule has 2 rings (SSSR count). The molecular weight excluding hydrogens is 327 g/mol. The Morgan fingerprint density at radius 1 is 1.00 bits per heavy atom. The average molecular weight is 332 g/mol. The monoisotopic (exact) mass is 330 g/mol. The Morgan fingerprint density at radius 2 is 1.58 bits per heavy atom. The fraction of sp³-hybridized carbons (Fsp3) is 0.200. The van der Waals surface area contributed by atoms with Gasteiger partial charge in [0, 0.05) is 11.1 Å². The Bertz CT molecular complexity index is 575. The lowest BCUT2D eigenvalue weighted by Gasteiger charge is -2.10. The topological polar surface area (TPSA) is 38.9 Å². The highest BCUT2D eigenvalue weighted by molar-refractivity contribution is 6.66. The van der Waals surface area contributed by atoms with Crippen molar-refractivity contribution in [1.82, 2.24) is 10.1 Å². The first kappa shape index (κ1) is 14.4. The van der Waals surface area contributed by atoms with E-state index in [1.54, 1.807) is 0 Å². The van der Waals surface area contributed by atoms with Crippen LogP contribution in [0.5, 0.6) is 0 Å². The van der Waals surface area contributed by atoms with Crippen LogP contribution in [-0.2, 0) is 9.97 Å². The summed E-state index contributed by atoms with van der Waals surface area (Å²) in [4.78, 5) is 3.24. The second-order valence-corrected chi connectivity index (χ2v) is 5.78. The van der Waals surface area contributed by atoms with Crippen molar-refractivity contribution in [2.24, 2.45) is 0 Å². The van der Waals surface area contributed by atoms with Crippen LogP contribution in [0, 0.1) is 0 Å². The van der Waals surface area contributed by atoms with Crippen molar-refractivity contribution >= 4 is 34.8 Å². The van der Waals surface area contributed by atoms with Gasteiger partial charge in [0.1, 0.15) is 0 Å². The lowest BCUT2D eigenvalue weighted by molar-refractivity contribution is -0.159. The molecular formula is C10H4Cl3F3N2O. The Morgan fingerprint density at radius 3 is 2.00 bits per heavy atom. The van der Waals surface area contributed by atoms with Gasteiger partial charge in [-0.1, -0.05) is 64.2 Å². The molecule has 1 heterocycles. The van der Waals surface area contributed by atoms with E-state index in [0.29, 0.717) is 11.1 Å². The van der Waals surface area contributed by atoms with Gasteiger partial charge in [0.15, 0.2) is 0 Å². The predicted molar refractivity (Wildman–Crippen MR) is 64.0 cm³/mol. The third-order valence-electron chi connectivity index (χ3n) is 2.14. The SMILES string of the molecule is FC(F)(F)c1nc(-c2ccc(C(Cl)(Cl)Cl)cc2)no1. The van der Waals surface area contributed by atoms with Gasteiger partial charge >= 0.3 is 12.1 Å². The third kappa shape index (κ3) is 3.32. The van der Waals surface area contributed by atoms with Gasteiger partial charge in [-0.2, -0.15) is 18.2 Å². The molecule has 1 aromatic carbocycles. The van der Waals surface area contributed by atoms with Crippen LogP contribution in [-0.4, -0.2) is 10.1 Å². The normalized spacial score (nSPS) is 12.7. The summed E-state index contributed by atoms with van der Waals surface area (Å²) in [6, 6.07) is 5.77. The van der Waals surface area contributed by atoms with Crippen LogP contribution >= 0.6 is 34.8 Å². The summed E-state index contributed by atoms with van der Waals surface area (Å²) < 4.78 is 39.4. The maximum absolute atomic E-state index is 12.3. The third-order valence-corrected chi connectivity index (χ3v) is 2.79. The molecule has 3 nitrogen and oxygen atoms in total. The van der Waals surface area contributed by atoms with Crippen molar-refractivity contribution in [3.63, 3.8) is 0 Å². The molecule has 0 bridgehead atoms. The number of nitrogens with zero attached hydrogens (tertiary/aromatic N) is 2. The van der Waals surface area contributed by atoms with Gasteiger partial charge < -0.3 is 4.52 Å². The average Bonchev–Trinajstić information content (AvgIpc) is 2.77. The van der Waals surface area contributed by atoms with Crippen molar-refractivity contribution in [2.75, 3.05) is 0 Å². The Balaban J connectivity index is 2.31. The fourth-order valence-electron chi connectivity index (χ4n) is 1.26. The van der Waals surface area contributed by atoms with Crippen LogP contribution in [0.4, 0.5) is 13.2 Å². The summed E-state index contributed by atoms with van der Waals surface area (Å²) in [6.45, 7) is 0. The zero-order chi connectivity index (χ0) is 14.3. The van der Waals surface area contributed by atoms with Crippen molar-refractivity contribution in [3.8, 4) is 11.4 Å². The highest BCUT2D eigenvalue weighted by atomic mass is 35.6. The van der Waals surface area contributed by atoms with Crippen LogP contribution in [0.25, 0.3) is 11.4 Å². The Labute approximate surface area is 120 Å². The second kappa shape index (κ2) is 4.85. The molecule has 19 heavy (non-hydrogen) atoms.